The topological polar surface area (TPSA) is 53.1 Å². The van der Waals surface area contributed by atoms with Gasteiger partial charge < -0.3 is 10.5 Å². The molecule has 1 aromatic carbocycles. The Morgan fingerprint density at radius 1 is 1.47 bits per heavy atom. The van der Waals surface area contributed by atoms with Crippen LogP contribution in [0.4, 0.5) is 0 Å². The van der Waals surface area contributed by atoms with Gasteiger partial charge in [0, 0.05) is 29.4 Å². The van der Waals surface area contributed by atoms with Gasteiger partial charge in [-0.3, -0.25) is 4.68 Å². The van der Waals surface area contributed by atoms with Gasteiger partial charge in [-0.05, 0) is 31.0 Å². The molecule has 102 valence electrons. The second-order valence-electron chi connectivity index (χ2n) is 4.40. The second kappa shape index (κ2) is 6.08. The van der Waals surface area contributed by atoms with E-state index in [-0.39, 0.29) is 6.04 Å². The van der Waals surface area contributed by atoms with Crippen molar-refractivity contribution >= 4 is 11.6 Å². The first-order chi connectivity index (χ1) is 9.13. The average molecular weight is 280 g/mol. The summed E-state index contributed by atoms with van der Waals surface area (Å²) in [5, 5.41) is 4.89. The molecule has 2 N–H and O–H groups in total. The largest absolute Gasteiger partial charge is 0.496 e. The van der Waals surface area contributed by atoms with Crippen molar-refractivity contribution < 1.29 is 4.74 Å². The van der Waals surface area contributed by atoms with E-state index in [2.05, 4.69) is 12.0 Å². The fourth-order valence-corrected chi connectivity index (χ4v) is 2.20. The minimum absolute atomic E-state index is 0.137. The van der Waals surface area contributed by atoms with E-state index in [0.29, 0.717) is 5.02 Å². The van der Waals surface area contributed by atoms with E-state index in [1.807, 2.05) is 29.2 Å². The first-order valence-electron chi connectivity index (χ1n) is 6.24. The number of benzene rings is 1. The van der Waals surface area contributed by atoms with Gasteiger partial charge in [-0.25, -0.2) is 0 Å². The quantitative estimate of drug-likeness (QED) is 0.916. The van der Waals surface area contributed by atoms with Crippen LogP contribution in [0.15, 0.2) is 30.6 Å². The fourth-order valence-electron chi connectivity index (χ4n) is 2.04. The molecule has 0 aliphatic heterocycles. The standard InChI is InChI=1S/C14H18ClN3O/c1-3-18-9-10(8-17-18)6-13(16)12-5-4-11(15)7-14(12)19-2/h4-5,7-9,13H,3,6,16H2,1-2H3. The Labute approximate surface area is 118 Å². The molecule has 0 spiro atoms. The molecule has 5 heteroatoms. The molecule has 0 aliphatic carbocycles. The zero-order valence-corrected chi connectivity index (χ0v) is 11.9. The summed E-state index contributed by atoms with van der Waals surface area (Å²) in [6, 6.07) is 5.39. The molecule has 0 saturated carbocycles. The van der Waals surface area contributed by atoms with Gasteiger partial charge in [-0.15, -0.1) is 0 Å². The third-order valence-corrected chi connectivity index (χ3v) is 3.30. The summed E-state index contributed by atoms with van der Waals surface area (Å²) in [4.78, 5) is 0. The van der Waals surface area contributed by atoms with Gasteiger partial charge in [-0.1, -0.05) is 17.7 Å². The Bertz CT molecular complexity index is 553. The number of nitrogens with two attached hydrogens (primary N) is 1. The number of aryl methyl sites for hydroxylation is 1. The van der Waals surface area contributed by atoms with Crippen LogP contribution in [0.3, 0.4) is 0 Å². The van der Waals surface area contributed by atoms with Crippen LogP contribution in [0.1, 0.15) is 24.1 Å². The molecule has 1 heterocycles. The molecule has 0 radical (unpaired) electrons. The first-order valence-corrected chi connectivity index (χ1v) is 6.62. The van der Waals surface area contributed by atoms with Gasteiger partial charge in [-0.2, -0.15) is 5.10 Å². The summed E-state index contributed by atoms with van der Waals surface area (Å²) in [5.74, 6) is 0.725. The van der Waals surface area contributed by atoms with Crippen molar-refractivity contribution in [3.8, 4) is 5.75 Å². The molecule has 0 amide bonds. The summed E-state index contributed by atoms with van der Waals surface area (Å²) in [7, 11) is 1.62. The molecule has 1 aromatic heterocycles. The van der Waals surface area contributed by atoms with E-state index in [0.717, 1.165) is 29.8 Å². The maximum atomic E-state index is 6.24. The van der Waals surface area contributed by atoms with Crippen LogP contribution in [-0.4, -0.2) is 16.9 Å². The molecule has 1 unspecified atom stereocenters. The highest BCUT2D eigenvalue weighted by Crippen LogP contribution is 2.28. The predicted molar refractivity (Wildman–Crippen MR) is 76.5 cm³/mol. The first kappa shape index (κ1) is 13.9. The van der Waals surface area contributed by atoms with Gasteiger partial charge in [0.15, 0.2) is 0 Å². The summed E-state index contributed by atoms with van der Waals surface area (Å²) >= 11 is 5.95. The smallest absolute Gasteiger partial charge is 0.125 e. The Hall–Kier alpha value is -1.52. The molecule has 0 aliphatic rings. The summed E-state index contributed by atoms with van der Waals surface area (Å²) < 4.78 is 7.22. The highest BCUT2D eigenvalue weighted by Gasteiger charge is 2.14. The number of hydrogen-bond donors (Lipinski definition) is 1. The van der Waals surface area contributed by atoms with E-state index < -0.39 is 0 Å². The number of halogens is 1. The molecular formula is C14H18ClN3O. The lowest BCUT2D eigenvalue weighted by molar-refractivity contribution is 0.405. The second-order valence-corrected chi connectivity index (χ2v) is 4.84. The fraction of sp³-hybridized carbons (Fsp3) is 0.357. The lowest BCUT2D eigenvalue weighted by Crippen LogP contribution is -2.14. The summed E-state index contributed by atoms with van der Waals surface area (Å²) in [6.45, 7) is 2.92. The average Bonchev–Trinajstić information content (AvgIpc) is 2.86. The van der Waals surface area contributed by atoms with Crippen molar-refractivity contribution in [3.63, 3.8) is 0 Å². The van der Waals surface area contributed by atoms with Crippen LogP contribution in [-0.2, 0) is 13.0 Å². The lowest BCUT2D eigenvalue weighted by Gasteiger charge is -2.15. The SMILES string of the molecule is CCn1cc(CC(N)c2ccc(Cl)cc2OC)cn1. The van der Waals surface area contributed by atoms with Crippen LogP contribution in [0.25, 0.3) is 0 Å². The van der Waals surface area contributed by atoms with E-state index in [9.17, 15) is 0 Å². The van der Waals surface area contributed by atoms with Crippen molar-refractivity contribution in [2.24, 2.45) is 5.73 Å². The van der Waals surface area contributed by atoms with Crippen LogP contribution < -0.4 is 10.5 Å². The third kappa shape index (κ3) is 3.28. The van der Waals surface area contributed by atoms with Crippen molar-refractivity contribution in [2.45, 2.75) is 25.9 Å². The highest BCUT2D eigenvalue weighted by atomic mass is 35.5. The van der Waals surface area contributed by atoms with Gasteiger partial charge in [0.1, 0.15) is 5.75 Å². The number of methoxy groups -OCH3 is 1. The van der Waals surface area contributed by atoms with E-state index in [4.69, 9.17) is 22.1 Å². The molecule has 4 nitrogen and oxygen atoms in total. The van der Waals surface area contributed by atoms with Gasteiger partial charge in [0.05, 0.1) is 13.3 Å². The monoisotopic (exact) mass is 279 g/mol. The zero-order chi connectivity index (χ0) is 13.8. The molecule has 2 aromatic rings. The van der Waals surface area contributed by atoms with Crippen LogP contribution >= 0.6 is 11.6 Å². The maximum Gasteiger partial charge on any atom is 0.125 e. The van der Waals surface area contributed by atoms with E-state index in [1.165, 1.54) is 0 Å². The predicted octanol–water partition coefficient (Wildman–Crippen LogP) is 2.81. The van der Waals surface area contributed by atoms with Crippen molar-refractivity contribution in [1.29, 1.82) is 0 Å². The molecular weight excluding hydrogens is 262 g/mol. The molecule has 19 heavy (non-hydrogen) atoms. The Morgan fingerprint density at radius 3 is 2.89 bits per heavy atom. The van der Waals surface area contributed by atoms with Crippen molar-refractivity contribution in [1.82, 2.24) is 9.78 Å². The van der Waals surface area contributed by atoms with Gasteiger partial charge >= 0.3 is 0 Å². The summed E-state index contributed by atoms with van der Waals surface area (Å²) in [5.41, 5.74) is 8.32. The molecule has 0 saturated heterocycles. The number of hydrogen-bond acceptors (Lipinski definition) is 3. The van der Waals surface area contributed by atoms with E-state index in [1.54, 1.807) is 13.2 Å². The highest BCUT2D eigenvalue weighted by molar-refractivity contribution is 6.30. The lowest BCUT2D eigenvalue weighted by atomic mass is 10.0. The number of ether oxygens (including phenoxy) is 1. The van der Waals surface area contributed by atoms with Crippen LogP contribution in [0, 0.1) is 0 Å². The van der Waals surface area contributed by atoms with Crippen molar-refractivity contribution in [2.75, 3.05) is 7.11 Å². The normalized spacial score (nSPS) is 12.4. The van der Waals surface area contributed by atoms with Gasteiger partial charge in [0.2, 0.25) is 0 Å². The minimum Gasteiger partial charge on any atom is -0.496 e. The molecule has 0 fully saturated rings. The molecule has 1 atom stereocenters. The molecule has 0 bridgehead atoms. The number of nitrogens with zero attached hydrogens (tertiary/aromatic N) is 2. The summed E-state index contributed by atoms with van der Waals surface area (Å²) in [6.07, 6.45) is 4.59. The number of rotatable bonds is 5. The Kier molecular flexibility index (Phi) is 4.45. The van der Waals surface area contributed by atoms with Crippen LogP contribution in [0.2, 0.25) is 5.02 Å². The Balaban J connectivity index is 2.17. The Morgan fingerprint density at radius 2 is 2.26 bits per heavy atom. The van der Waals surface area contributed by atoms with Gasteiger partial charge in [0.25, 0.3) is 0 Å². The minimum atomic E-state index is -0.137. The zero-order valence-electron chi connectivity index (χ0n) is 11.1. The van der Waals surface area contributed by atoms with Crippen molar-refractivity contribution in [3.05, 3.63) is 46.7 Å². The van der Waals surface area contributed by atoms with Crippen LogP contribution in [0.5, 0.6) is 5.75 Å². The maximum absolute atomic E-state index is 6.24. The number of aromatic nitrogens is 2. The third-order valence-electron chi connectivity index (χ3n) is 3.06. The van der Waals surface area contributed by atoms with E-state index >= 15 is 0 Å². The molecule has 2 rings (SSSR count).